The van der Waals surface area contributed by atoms with Gasteiger partial charge in [0.2, 0.25) is 0 Å². The van der Waals surface area contributed by atoms with Crippen molar-refractivity contribution in [2.45, 2.75) is 18.9 Å². The van der Waals surface area contributed by atoms with Gasteiger partial charge in [0.25, 0.3) is 0 Å². The van der Waals surface area contributed by atoms with Crippen molar-refractivity contribution >= 4 is 11.7 Å². The molecule has 0 aromatic heterocycles. The summed E-state index contributed by atoms with van der Waals surface area (Å²) in [7, 11) is 3.19. The number of carbonyl (C=O) groups excluding carboxylic acids is 1. The molecule has 1 aromatic rings. The lowest BCUT2D eigenvalue weighted by Crippen LogP contribution is -2.49. The Morgan fingerprint density at radius 3 is 2.54 bits per heavy atom. The van der Waals surface area contributed by atoms with Crippen LogP contribution in [0, 0.1) is 0 Å². The van der Waals surface area contributed by atoms with Crippen molar-refractivity contribution in [2.75, 3.05) is 72.1 Å². The summed E-state index contributed by atoms with van der Waals surface area (Å²) in [6, 6.07) is 5.45. The largest absolute Gasteiger partial charge is 0.497 e. The first-order valence-corrected chi connectivity index (χ1v) is 9.88. The maximum atomic E-state index is 13.2. The van der Waals surface area contributed by atoms with Gasteiger partial charge < -0.3 is 29.2 Å². The topological polar surface area (TPSA) is 72.5 Å². The third-order valence-electron chi connectivity index (χ3n) is 5.30. The summed E-state index contributed by atoms with van der Waals surface area (Å²) in [4.78, 5) is 17.4. The van der Waals surface area contributed by atoms with Gasteiger partial charge in [0.1, 0.15) is 11.5 Å². The molecule has 156 valence electrons. The molecule has 2 heterocycles. The highest BCUT2D eigenvalue weighted by atomic mass is 16.5. The minimum atomic E-state index is -0.108. The number of ether oxygens (including phenoxy) is 4. The molecule has 2 aliphatic rings. The third kappa shape index (κ3) is 5.50. The van der Waals surface area contributed by atoms with Crippen LogP contribution in [0.3, 0.4) is 0 Å². The molecule has 0 unspecified atom stereocenters. The normalized spacial score (nSPS) is 18.5. The second kappa shape index (κ2) is 10.5. The maximum absolute atomic E-state index is 13.2. The number of hydrogen-bond acceptors (Lipinski definition) is 6. The predicted octanol–water partition coefficient (Wildman–Crippen LogP) is 2.05. The van der Waals surface area contributed by atoms with Crippen molar-refractivity contribution in [3.05, 3.63) is 18.2 Å². The molecule has 0 saturated carbocycles. The number of morpholine rings is 1. The average Bonchev–Trinajstić information content (AvgIpc) is 2.75. The molecule has 8 nitrogen and oxygen atoms in total. The SMILES string of the molecule is COc1ccc(NC(=O)N(CCN2CCOCC2)C2CCOCC2)c(OC)c1. The molecule has 28 heavy (non-hydrogen) atoms. The highest BCUT2D eigenvalue weighted by molar-refractivity contribution is 5.91. The number of anilines is 1. The fourth-order valence-corrected chi connectivity index (χ4v) is 3.61. The van der Waals surface area contributed by atoms with Gasteiger partial charge in [-0.25, -0.2) is 4.79 Å². The molecular formula is C20H31N3O5. The standard InChI is InChI=1S/C20H31N3O5/c1-25-17-3-4-18(19(15-17)26-2)21-20(24)23(16-5-11-27-12-6-16)8-7-22-9-13-28-14-10-22/h3-4,15-16H,5-14H2,1-2H3,(H,21,24). The smallest absolute Gasteiger partial charge is 0.322 e. The molecule has 3 rings (SSSR count). The number of urea groups is 1. The Bertz CT molecular complexity index is 630. The Kier molecular flexibility index (Phi) is 7.76. The van der Waals surface area contributed by atoms with Crippen LogP contribution in [0.25, 0.3) is 0 Å². The van der Waals surface area contributed by atoms with Crippen LogP contribution in [0.1, 0.15) is 12.8 Å². The van der Waals surface area contributed by atoms with Gasteiger partial charge in [-0.3, -0.25) is 4.90 Å². The quantitative estimate of drug-likeness (QED) is 0.764. The summed E-state index contributed by atoms with van der Waals surface area (Å²) in [5.41, 5.74) is 0.636. The fraction of sp³-hybridized carbons (Fsp3) is 0.650. The van der Waals surface area contributed by atoms with Crippen molar-refractivity contribution in [3.8, 4) is 11.5 Å². The van der Waals surface area contributed by atoms with Crippen LogP contribution in [0.2, 0.25) is 0 Å². The molecule has 0 aliphatic carbocycles. The zero-order chi connectivity index (χ0) is 19.8. The lowest BCUT2D eigenvalue weighted by molar-refractivity contribution is 0.0238. The number of benzene rings is 1. The zero-order valence-corrected chi connectivity index (χ0v) is 16.8. The van der Waals surface area contributed by atoms with Crippen LogP contribution in [0.4, 0.5) is 10.5 Å². The van der Waals surface area contributed by atoms with E-state index in [1.807, 2.05) is 11.0 Å². The second-order valence-corrected chi connectivity index (χ2v) is 6.99. The lowest BCUT2D eigenvalue weighted by Gasteiger charge is -2.36. The third-order valence-corrected chi connectivity index (χ3v) is 5.30. The Balaban J connectivity index is 1.68. The Morgan fingerprint density at radius 2 is 1.86 bits per heavy atom. The molecule has 0 bridgehead atoms. The van der Waals surface area contributed by atoms with E-state index in [1.165, 1.54) is 0 Å². The van der Waals surface area contributed by atoms with E-state index in [4.69, 9.17) is 18.9 Å². The molecule has 1 N–H and O–H groups in total. The number of nitrogens with zero attached hydrogens (tertiary/aromatic N) is 2. The van der Waals surface area contributed by atoms with E-state index < -0.39 is 0 Å². The van der Waals surface area contributed by atoms with Gasteiger partial charge in [-0.1, -0.05) is 0 Å². The van der Waals surface area contributed by atoms with E-state index in [2.05, 4.69) is 10.2 Å². The van der Waals surface area contributed by atoms with Crippen molar-refractivity contribution in [2.24, 2.45) is 0 Å². The van der Waals surface area contributed by atoms with Crippen LogP contribution < -0.4 is 14.8 Å². The highest BCUT2D eigenvalue weighted by Crippen LogP contribution is 2.29. The average molecular weight is 393 g/mol. The van der Waals surface area contributed by atoms with E-state index in [9.17, 15) is 4.79 Å². The minimum absolute atomic E-state index is 0.108. The van der Waals surface area contributed by atoms with E-state index in [-0.39, 0.29) is 12.1 Å². The summed E-state index contributed by atoms with van der Waals surface area (Å²) < 4.78 is 21.5. The molecule has 2 amide bonds. The van der Waals surface area contributed by atoms with Gasteiger partial charge in [0.05, 0.1) is 33.1 Å². The summed E-state index contributed by atoms with van der Waals surface area (Å²) in [6.07, 6.45) is 1.71. The number of nitrogens with one attached hydrogen (secondary N) is 1. The summed E-state index contributed by atoms with van der Waals surface area (Å²) in [5, 5.41) is 3.02. The van der Waals surface area contributed by atoms with Crippen LogP contribution in [0.15, 0.2) is 18.2 Å². The fourth-order valence-electron chi connectivity index (χ4n) is 3.61. The van der Waals surface area contributed by atoms with Crippen molar-refractivity contribution < 1.29 is 23.7 Å². The van der Waals surface area contributed by atoms with Gasteiger partial charge in [-0.2, -0.15) is 0 Å². The van der Waals surface area contributed by atoms with E-state index in [0.29, 0.717) is 36.9 Å². The molecule has 2 fully saturated rings. The number of rotatable bonds is 7. The van der Waals surface area contributed by atoms with Crippen LogP contribution >= 0.6 is 0 Å². The lowest BCUT2D eigenvalue weighted by atomic mass is 10.1. The Labute approximate surface area is 166 Å². The van der Waals surface area contributed by atoms with Crippen molar-refractivity contribution in [3.63, 3.8) is 0 Å². The van der Waals surface area contributed by atoms with Crippen molar-refractivity contribution in [1.82, 2.24) is 9.80 Å². The van der Waals surface area contributed by atoms with Crippen LogP contribution in [-0.2, 0) is 9.47 Å². The van der Waals surface area contributed by atoms with Crippen molar-refractivity contribution in [1.29, 1.82) is 0 Å². The maximum Gasteiger partial charge on any atom is 0.322 e. The highest BCUT2D eigenvalue weighted by Gasteiger charge is 2.27. The minimum Gasteiger partial charge on any atom is -0.497 e. The monoisotopic (exact) mass is 393 g/mol. The summed E-state index contributed by atoms with van der Waals surface area (Å²) in [6.45, 7) is 6.24. The summed E-state index contributed by atoms with van der Waals surface area (Å²) in [5.74, 6) is 1.26. The molecular weight excluding hydrogens is 362 g/mol. The number of amides is 2. The summed E-state index contributed by atoms with van der Waals surface area (Å²) >= 11 is 0. The molecule has 0 radical (unpaired) electrons. The number of carbonyl (C=O) groups is 1. The molecule has 2 aliphatic heterocycles. The van der Waals surface area contributed by atoms with Crippen LogP contribution in [0.5, 0.6) is 11.5 Å². The molecule has 0 spiro atoms. The first kappa shape index (κ1) is 20.7. The number of methoxy groups -OCH3 is 2. The molecule has 8 heteroatoms. The molecule has 0 atom stereocenters. The van der Waals surface area contributed by atoms with Gasteiger partial charge in [-0.15, -0.1) is 0 Å². The Hall–Kier alpha value is -2.03. The van der Waals surface area contributed by atoms with Gasteiger partial charge >= 0.3 is 6.03 Å². The molecule has 1 aromatic carbocycles. The second-order valence-electron chi connectivity index (χ2n) is 6.99. The van der Waals surface area contributed by atoms with E-state index in [0.717, 1.165) is 45.7 Å². The van der Waals surface area contributed by atoms with E-state index >= 15 is 0 Å². The van der Waals surface area contributed by atoms with Gasteiger partial charge in [0.15, 0.2) is 0 Å². The zero-order valence-electron chi connectivity index (χ0n) is 16.8. The molecule has 2 saturated heterocycles. The van der Waals surface area contributed by atoms with Crippen LogP contribution in [-0.4, -0.2) is 88.7 Å². The predicted molar refractivity (Wildman–Crippen MR) is 106 cm³/mol. The van der Waals surface area contributed by atoms with Gasteiger partial charge in [0, 0.05) is 51.5 Å². The first-order chi connectivity index (χ1) is 13.7. The van der Waals surface area contributed by atoms with E-state index in [1.54, 1.807) is 26.4 Å². The van der Waals surface area contributed by atoms with Gasteiger partial charge in [-0.05, 0) is 25.0 Å². The Morgan fingerprint density at radius 1 is 1.14 bits per heavy atom. The number of hydrogen-bond donors (Lipinski definition) is 1. The first-order valence-electron chi connectivity index (χ1n) is 9.88.